The van der Waals surface area contributed by atoms with Gasteiger partial charge in [-0.2, -0.15) is 4.98 Å². The Balaban J connectivity index is 1.48. The molecule has 3 rings (SSSR count). The van der Waals surface area contributed by atoms with Gasteiger partial charge >= 0.3 is 5.97 Å². The maximum atomic E-state index is 12.8. The molecule has 5 nitrogen and oxygen atoms in total. The lowest BCUT2D eigenvalue weighted by Crippen LogP contribution is -2.06. The monoisotopic (exact) mass is 326 g/mol. The van der Waals surface area contributed by atoms with E-state index < -0.39 is 0 Å². The van der Waals surface area contributed by atoms with Crippen molar-refractivity contribution in [2.24, 2.45) is 0 Å². The van der Waals surface area contributed by atoms with E-state index in [1.54, 1.807) is 12.1 Å². The standard InChI is InChI=1S/C18H15FN2O3/c19-15-8-6-13(7-9-15)12-23-17(22)11-10-16-20-18(21-24-16)14-4-2-1-3-5-14/h1-9H,10-12H2. The van der Waals surface area contributed by atoms with E-state index in [2.05, 4.69) is 10.1 Å². The Labute approximate surface area is 138 Å². The number of halogens is 1. The van der Waals surface area contributed by atoms with Crippen LogP contribution in [0.5, 0.6) is 0 Å². The Bertz CT molecular complexity index is 801. The molecule has 2 aromatic carbocycles. The highest BCUT2D eigenvalue weighted by Gasteiger charge is 2.11. The molecule has 0 fully saturated rings. The molecule has 6 heteroatoms. The molecular weight excluding hydrogens is 311 g/mol. The van der Waals surface area contributed by atoms with Crippen molar-refractivity contribution >= 4 is 5.97 Å². The molecule has 0 atom stereocenters. The molecule has 0 N–H and O–H groups in total. The lowest BCUT2D eigenvalue weighted by molar-refractivity contribution is -0.145. The molecule has 24 heavy (non-hydrogen) atoms. The average molecular weight is 326 g/mol. The van der Waals surface area contributed by atoms with Gasteiger partial charge in [-0.3, -0.25) is 4.79 Å². The topological polar surface area (TPSA) is 65.2 Å². The molecule has 0 spiro atoms. The number of hydrogen-bond donors (Lipinski definition) is 0. The Hall–Kier alpha value is -3.02. The zero-order chi connectivity index (χ0) is 16.8. The summed E-state index contributed by atoms with van der Waals surface area (Å²) in [6, 6.07) is 15.2. The molecule has 0 saturated carbocycles. The fourth-order valence-corrected chi connectivity index (χ4v) is 2.09. The van der Waals surface area contributed by atoms with Crippen molar-refractivity contribution in [3.05, 3.63) is 71.9 Å². The third-order valence-electron chi connectivity index (χ3n) is 3.36. The van der Waals surface area contributed by atoms with E-state index in [0.29, 0.717) is 18.1 Å². The van der Waals surface area contributed by atoms with Gasteiger partial charge in [0.05, 0.1) is 6.42 Å². The van der Waals surface area contributed by atoms with Crippen molar-refractivity contribution in [1.82, 2.24) is 10.1 Å². The zero-order valence-corrected chi connectivity index (χ0v) is 12.8. The molecule has 3 aromatic rings. The van der Waals surface area contributed by atoms with Crippen molar-refractivity contribution in [2.75, 3.05) is 0 Å². The van der Waals surface area contributed by atoms with Crippen LogP contribution in [-0.4, -0.2) is 16.1 Å². The van der Waals surface area contributed by atoms with Crippen molar-refractivity contribution in [3.8, 4) is 11.4 Å². The van der Waals surface area contributed by atoms with E-state index >= 15 is 0 Å². The molecule has 0 radical (unpaired) electrons. The number of hydrogen-bond acceptors (Lipinski definition) is 5. The molecule has 0 saturated heterocycles. The summed E-state index contributed by atoms with van der Waals surface area (Å²) in [5, 5.41) is 3.89. The first-order valence-corrected chi connectivity index (χ1v) is 7.49. The van der Waals surface area contributed by atoms with Crippen LogP contribution in [-0.2, 0) is 22.6 Å². The highest BCUT2D eigenvalue weighted by Crippen LogP contribution is 2.15. The first-order valence-electron chi connectivity index (χ1n) is 7.49. The molecular formula is C18H15FN2O3. The van der Waals surface area contributed by atoms with Crippen LogP contribution in [0.2, 0.25) is 0 Å². The summed E-state index contributed by atoms with van der Waals surface area (Å²) in [7, 11) is 0. The third kappa shape index (κ3) is 4.25. The van der Waals surface area contributed by atoms with Crippen molar-refractivity contribution in [1.29, 1.82) is 0 Å². The van der Waals surface area contributed by atoms with Gasteiger partial charge in [0.2, 0.25) is 11.7 Å². The van der Waals surface area contributed by atoms with Crippen LogP contribution in [0.1, 0.15) is 17.9 Å². The van der Waals surface area contributed by atoms with Crippen molar-refractivity contribution in [3.63, 3.8) is 0 Å². The summed E-state index contributed by atoms with van der Waals surface area (Å²) in [6.07, 6.45) is 0.444. The average Bonchev–Trinajstić information content (AvgIpc) is 3.09. The first-order chi connectivity index (χ1) is 11.7. The second-order valence-electron chi connectivity index (χ2n) is 5.16. The Morgan fingerprint density at radius 2 is 1.83 bits per heavy atom. The number of aromatic nitrogens is 2. The maximum absolute atomic E-state index is 12.8. The van der Waals surface area contributed by atoms with Gasteiger partial charge in [-0.05, 0) is 17.7 Å². The zero-order valence-electron chi connectivity index (χ0n) is 12.8. The highest BCUT2D eigenvalue weighted by molar-refractivity contribution is 5.69. The van der Waals surface area contributed by atoms with E-state index in [0.717, 1.165) is 11.1 Å². The molecule has 0 aliphatic carbocycles. The Morgan fingerprint density at radius 3 is 2.58 bits per heavy atom. The third-order valence-corrected chi connectivity index (χ3v) is 3.36. The number of rotatable bonds is 6. The van der Waals surface area contributed by atoms with E-state index in [1.165, 1.54) is 12.1 Å². The molecule has 0 unspecified atom stereocenters. The van der Waals surface area contributed by atoms with Gasteiger partial charge in [-0.25, -0.2) is 4.39 Å². The smallest absolute Gasteiger partial charge is 0.306 e. The van der Waals surface area contributed by atoms with Gasteiger partial charge in [0.1, 0.15) is 12.4 Å². The number of esters is 1. The molecule has 1 heterocycles. The minimum atomic E-state index is -0.376. The quantitative estimate of drug-likeness (QED) is 0.648. The van der Waals surface area contributed by atoms with E-state index in [9.17, 15) is 9.18 Å². The minimum absolute atomic E-state index is 0.109. The molecule has 0 bridgehead atoms. The normalized spacial score (nSPS) is 10.5. The van der Waals surface area contributed by atoms with Crippen LogP contribution in [0.25, 0.3) is 11.4 Å². The lowest BCUT2D eigenvalue weighted by Gasteiger charge is -2.03. The van der Waals surface area contributed by atoms with Crippen LogP contribution < -0.4 is 0 Å². The van der Waals surface area contributed by atoms with Gasteiger partial charge < -0.3 is 9.26 Å². The summed E-state index contributed by atoms with van der Waals surface area (Å²) in [5.41, 5.74) is 1.58. The number of carbonyl (C=O) groups excluding carboxylic acids is 1. The number of carbonyl (C=O) groups is 1. The van der Waals surface area contributed by atoms with Crippen molar-refractivity contribution in [2.45, 2.75) is 19.4 Å². The van der Waals surface area contributed by atoms with E-state index in [-0.39, 0.29) is 24.8 Å². The summed E-state index contributed by atoms with van der Waals surface area (Å²) < 4.78 is 23.1. The maximum Gasteiger partial charge on any atom is 0.306 e. The molecule has 0 aliphatic heterocycles. The van der Waals surface area contributed by atoms with Gasteiger partial charge in [0.25, 0.3) is 0 Å². The number of nitrogens with zero attached hydrogens (tertiary/aromatic N) is 2. The minimum Gasteiger partial charge on any atom is -0.461 e. The predicted octanol–water partition coefficient (Wildman–Crippen LogP) is 3.55. The fraction of sp³-hybridized carbons (Fsp3) is 0.167. The SMILES string of the molecule is O=C(CCc1nc(-c2ccccc2)no1)OCc1ccc(F)cc1. The summed E-state index contributed by atoms with van der Waals surface area (Å²) >= 11 is 0. The number of ether oxygens (including phenoxy) is 1. The van der Waals surface area contributed by atoms with Gasteiger partial charge in [0.15, 0.2) is 0 Å². The molecule has 0 aliphatic rings. The van der Waals surface area contributed by atoms with Gasteiger partial charge in [0, 0.05) is 12.0 Å². The molecule has 0 amide bonds. The van der Waals surface area contributed by atoms with Crippen molar-refractivity contribution < 1.29 is 18.4 Å². The van der Waals surface area contributed by atoms with Crippen LogP contribution in [0, 0.1) is 5.82 Å². The van der Waals surface area contributed by atoms with E-state index in [4.69, 9.17) is 9.26 Å². The van der Waals surface area contributed by atoms with Crippen LogP contribution in [0.15, 0.2) is 59.1 Å². The van der Waals surface area contributed by atoms with Gasteiger partial charge in [-0.1, -0.05) is 47.6 Å². The second kappa shape index (κ2) is 7.50. The second-order valence-corrected chi connectivity index (χ2v) is 5.16. The van der Waals surface area contributed by atoms with Crippen LogP contribution in [0.3, 0.4) is 0 Å². The molecule has 122 valence electrons. The first kappa shape index (κ1) is 15.9. The Kier molecular flexibility index (Phi) is 4.96. The van der Waals surface area contributed by atoms with Crippen LogP contribution >= 0.6 is 0 Å². The van der Waals surface area contributed by atoms with Crippen LogP contribution in [0.4, 0.5) is 4.39 Å². The summed E-state index contributed by atoms with van der Waals surface area (Å²) in [5.74, 6) is 0.173. The number of aryl methyl sites for hydroxylation is 1. The summed E-state index contributed by atoms with van der Waals surface area (Å²) in [4.78, 5) is 16.0. The largest absolute Gasteiger partial charge is 0.461 e. The fourth-order valence-electron chi connectivity index (χ4n) is 2.09. The van der Waals surface area contributed by atoms with E-state index in [1.807, 2.05) is 30.3 Å². The Morgan fingerprint density at radius 1 is 1.08 bits per heavy atom. The molecule has 1 aromatic heterocycles. The lowest BCUT2D eigenvalue weighted by atomic mass is 10.2. The summed E-state index contributed by atoms with van der Waals surface area (Å²) in [6.45, 7) is 0.109. The predicted molar refractivity (Wildman–Crippen MR) is 84.3 cm³/mol. The van der Waals surface area contributed by atoms with Gasteiger partial charge in [-0.15, -0.1) is 0 Å². The highest BCUT2D eigenvalue weighted by atomic mass is 19.1. The number of benzene rings is 2.